The van der Waals surface area contributed by atoms with Gasteiger partial charge in [-0.05, 0) is 43.7 Å². The minimum atomic E-state index is 0.185. The summed E-state index contributed by atoms with van der Waals surface area (Å²) in [6, 6.07) is 6.24. The van der Waals surface area contributed by atoms with Crippen LogP contribution in [0.25, 0.3) is 0 Å². The van der Waals surface area contributed by atoms with Crippen LogP contribution in [0.2, 0.25) is 0 Å². The summed E-state index contributed by atoms with van der Waals surface area (Å²) in [6.07, 6.45) is 5.23. The summed E-state index contributed by atoms with van der Waals surface area (Å²) in [5.41, 5.74) is 2.25. The third kappa shape index (κ3) is 4.31. The fourth-order valence-electron chi connectivity index (χ4n) is 3.65. The predicted octanol–water partition coefficient (Wildman–Crippen LogP) is 2.33. The van der Waals surface area contributed by atoms with E-state index in [0.29, 0.717) is 12.3 Å². The third-order valence-corrected chi connectivity index (χ3v) is 5.10. The van der Waals surface area contributed by atoms with Crippen LogP contribution in [0.4, 0.5) is 0 Å². The molecule has 1 aliphatic carbocycles. The molecule has 2 aliphatic rings. The van der Waals surface area contributed by atoms with Gasteiger partial charge in [0.2, 0.25) is 5.91 Å². The van der Waals surface area contributed by atoms with E-state index < -0.39 is 0 Å². The molecule has 0 aromatic carbocycles. The summed E-state index contributed by atoms with van der Waals surface area (Å²) in [5, 5.41) is 7.23. The molecule has 6 heteroatoms. The maximum absolute atomic E-state index is 12.3. The van der Waals surface area contributed by atoms with Crippen molar-refractivity contribution < 1.29 is 9.32 Å². The van der Waals surface area contributed by atoms with Gasteiger partial charge in [-0.1, -0.05) is 5.16 Å². The molecule has 2 aromatic heterocycles. The standard InChI is InChI=1S/C19H26N4O2/c1-14-7-17(21-25-14)12-22-10-16(8-19(24)20-9-15-4-5-15)11-23-6-2-3-18(23)13-22/h2-3,6-7,15-16H,4-5,8-13H2,1H3,(H,20,24). The van der Waals surface area contributed by atoms with E-state index in [0.717, 1.165) is 50.1 Å². The first-order chi connectivity index (χ1) is 12.2. The number of aromatic nitrogens is 2. The zero-order valence-electron chi connectivity index (χ0n) is 14.8. The minimum Gasteiger partial charge on any atom is -0.361 e. The number of hydrogen-bond acceptors (Lipinski definition) is 4. The van der Waals surface area contributed by atoms with Gasteiger partial charge in [0.25, 0.3) is 0 Å². The van der Waals surface area contributed by atoms with E-state index in [2.05, 4.69) is 38.3 Å². The second-order valence-electron chi connectivity index (χ2n) is 7.57. The maximum atomic E-state index is 12.3. The SMILES string of the molecule is Cc1cc(CN2Cc3cccn3CC(CC(=O)NCC3CC3)C2)no1. The molecule has 1 saturated carbocycles. The van der Waals surface area contributed by atoms with Crippen LogP contribution >= 0.6 is 0 Å². The van der Waals surface area contributed by atoms with Crippen LogP contribution < -0.4 is 5.32 Å². The number of carbonyl (C=O) groups excluding carboxylic acids is 1. The van der Waals surface area contributed by atoms with Crippen molar-refractivity contribution >= 4 is 5.91 Å². The number of carbonyl (C=O) groups is 1. The molecule has 6 nitrogen and oxygen atoms in total. The molecule has 0 bridgehead atoms. The van der Waals surface area contributed by atoms with Gasteiger partial charge in [-0.2, -0.15) is 0 Å². The number of aryl methyl sites for hydroxylation is 1. The van der Waals surface area contributed by atoms with Gasteiger partial charge in [0, 0.05) is 57.1 Å². The van der Waals surface area contributed by atoms with E-state index in [-0.39, 0.29) is 5.91 Å². The first kappa shape index (κ1) is 16.4. The number of rotatable bonds is 6. The lowest BCUT2D eigenvalue weighted by Crippen LogP contribution is -2.33. The highest BCUT2D eigenvalue weighted by Crippen LogP contribution is 2.27. The van der Waals surface area contributed by atoms with Gasteiger partial charge < -0.3 is 14.4 Å². The average molecular weight is 342 g/mol. The predicted molar refractivity (Wildman–Crippen MR) is 93.6 cm³/mol. The van der Waals surface area contributed by atoms with E-state index >= 15 is 0 Å². The Hall–Kier alpha value is -2.08. The van der Waals surface area contributed by atoms with Crippen LogP contribution in [0.5, 0.6) is 0 Å². The van der Waals surface area contributed by atoms with Crippen LogP contribution in [-0.2, 0) is 24.4 Å². The molecule has 0 radical (unpaired) electrons. The van der Waals surface area contributed by atoms with Crippen LogP contribution in [0.1, 0.15) is 36.4 Å². The van der Waals surface area contributed by atoms with Crippen molar-refractivity contribution in [2.75, 3.05) is 13.1 Å². The number of hydrogen-bond donors (Lipinski definition) is 1. The third-order valence-electron chi connectivity index (χ3n) is 5.10. The number of nitrogens with zero attached hydrogens (tertiary/aromatic N) is 3. The molecule has 1 unspecified atom stereocenters. The van der Waals surface area contributed by atoms with Crippen molar-refractivity contribution in [3.05, 3.63) is 41.5 Å². The Kier molecular flexibility index (Phi) is 4.61. The molecular weight excluding hydrogens is 316 g/mol. The topological polar surface area (TPSA) is 63.3 Å². The highest BCUT2D eigenvalue weighted by atomic mass is 16.5. The van der Waals surface area contributed by atoms with Gasteiger partial charge in [0.05, 0.1) is 5.69 Å². The molecule has 1 fully saturated rings. The quantitative estimate of drug-likeness (QED) is 0.875. The molecule has 0 spiro atoms. The lowest BCUT2D eigenvalue weighted by Gasteiger charge is -2.22. The summed E-state index contributed by atoms with van der Waals surface area (Å²) in [7, 11) is 0. The maximum Gasteiger partial charge on any atom is 0.220 e. The Morgan fingerprint density at radius 1 is 1.36 bits per heavy atom. The summed E-state index contributed by atoms with van der Waals surface area (Å²) < 4.78 is 7.48. The molecule has 134 valence electrons. The van der Waals surface area contributed by atoms with Gasteiger partial charge in [0.1, 0.15) is 5.76 Å². The Bertz CT molecular complexity index is 731. The normalized spacial score (nSPS) is 20.9. The Balaban J connectivity index is 1.41. The van der Waals surface area contributed by atoms with E-state index in [4.69, 9.17) is 4.52 Å². The fourth-order valence-corrected chi connectivity index (χ4v) is 3.65. The van der Waals surface area contributed by atoms with Crippen molar-refractivity contribution in [3.8, 4) is 0 Å². The summed E-state index contributed by atoms with van der Waals surface area (Å²) in [4.78, 5) is 14.7. The molecule has 3 heterocycles. The van der Waals surface area contributed by atoms with E-state index in [1.807, 2.05) is 13.0 Å². The number of amides is 1. The molecule has 25 heavy (non-hydrogen) atoms. The first-order valence-corrected chi connectivity index (χ1v) is 9.21. The molecule has 2 aromatic rings. The van der Waals surface area contributed by atoms with Crippen molar-refractivity contribution in [2.24, 2.45) is 11.8 Å². The van der Waals surface area contributed by atoms with E-state index in [1.165, 1.54) is 18.5 Å². The lowest BCUT2D eigenvalue weighted by atomic mass is 10.0. The number of nitrogens with one attached hydrogen (secondary N) is 1. The second kappa shape index (κ2) is 7.04. The van der Waals surface area contributed by atoms with Crippen LogP contribution in [0.3, 0.4) is 0 Å². The molecule has 1 aliphatic heterocycles. The van der Waals surface area contributed by atoms with Crippen molar-refractivity contribution in [1.29, 1.82) is 0 Å². The molecular formula is C19H26N4O2. The van der Waals surface area contributed by atoms with Gasteiger partial charge in [0.15, 0.2) is 0 Å². The largest absolute Gasteiger partial charge is 0.361 e. The van der Waals surface area contributed by atoms with E-state index in [9.17, 15) is 4.79 Å². The van der Waals surface area contributed by atoms with Gasteiger partial charge in [-0.15, -0.1) is 0 Å². The zero-order chi connectivity index (χ0) is 17.2. The lowest BCUT2D eigenvalue weighted by molar-refractivity contribution is -0.122. The van der Waals surface area contributed by atoms with Crippen molar-refractivity contribution in [1.82, 2.24) is 19.9 Å². The second-order valence-corrected chi connectivity index (χ2v) is 7.57. The highest BCUT2D eigenvalue weighted by molar-refractivity contribution is 5.76. The smallest absolute Gasteiger partial charge is 0.220 e. The van der Waals surface area contributed by atoms with Crippen LogP contribution in [-0.4, -0.2) is 33.6 Å². The van der Waals surface area contributed by atoms with Gasteiger partial charge in [-0.25, -0.2) is 0 Å². The summed E-state index contributed by atoms with van der Waals surface area (Å²) >= 11 is 0. The van der Waals surface area contributed by atoms with Crippen LogP contribution in [0.15, 0.2) is 28.9 Å². The Morgan fingerprint density at radius 3 is 3.00 bits per heavy atom. The Labute approximate surface area is 148 Å². The molecule has 1 atom stereocenters. The first-order valence-electron chi connectivity index (χ1n) is 9.21. The van der Waals surface area contributed by atoms with Crippen molar-refractivity contribution in [3.63, 3.8) is 0 Å². The monoisotopic (exact) mass is 342 g/mol. The zero-order valence-corrected chi connectivity index (χ0v) is 14.8. The molecule has 4 rings (SSSR count). The van der Waals surface area contributed by atoms with Gasteiger partial charge in [-0.3, -0.25) is 9.69 Å². The highest BCUT2D eigenvalue weighted by Gasteiger charge is 2.26. The molecule has 1 N–H and O–H groups in total. The fraction of sp³-hybridized carbons (Fsp3) is 0.579. The molecule has 0 saturated heterocycles. The summed E-state index contributed by atoms with van der Waals surface area (Å²) in [5.74, 6) is 2.05. The number of fused-ring (bicyclic) bond motifs is 1. The average Bonchev–Trinajstić information content (AvgIpc) is 3.22. The van der Waals surface area contributed by atoms with Gasteiger partial charge >= 0.3 is 0 Å². The van der Waals surface area contributed by atoms with Crippen molar-refractivity contribution in [2.45, 2.75) is 45.8 Å². The summed E-state index contributed by atoms with van der Waals surface area (Å²) in [6.45, 7) is 6.18. The Morgan fingerprint density at radius 2 is 2.24 bits per heavy atom. The van der Waals surface area contributed by atoms with E-state index in [1.54, 1.807) is 0 Å². The molecule has 1 amide bonds. The minimum absolute atomic E-state index is 0.185. The van der Waals surface area contributed by atoms with Crippen LogP contribution in [0, 0.1) is 18.8 Å².